The number of aliphatic hydroxyl groups is 1. The highest BCUT2D eigenvalue weighted by molar-refractivity contribution is 9.10. The van der Waals surface area contributed by atoms with E-state index in [1.165, 1.54) is 0 Å². The molecule has 0 unspecified atom stereocenters. The maximum absolute atomic E-state index is 13.2. The average molecular weight is 441 g/mol. The Bertz CT molecular complexity index is 985. The van der Waals surface area contributed by atoms with Gasteiger partial charge in [-0.1, -0.05) is 15.9 Å². The number of carbonyl (C=O) groups is 1. The maximum Gasteiger partial charge on any atom is 0.173 e. The fourth-order valence-electron chi connectivity index (χ4n) is 5.08. The second kappa shape index (κ2) is 6.46. The molecule has 2 aromatic rings. The normalized spacial score (nSPS) is 28.2. The van der Waals surface area contributed by atoms with Crippen molar-refractivity contribution in [3.63, 3.8) is 0 Å². The zero-order valence-electron chi connectivity index (χ0n) is 15.7. The second-order valence-corrected chi connectivity index (χ2v) is 8.87. The van der Waals surface area contributed by atoms with E-state index in [2.05, 4.69) is 15.9 Å². The molecule has 0 saturated carbocycles. The standard InChI is InChI=1S/C23H21BrO4/c1-11-9-15(27-14-5-3-13(24)4-6-14)10-12(2)18(11)21-22(25)19-16-7-8-17(28-16)20(19)23(21)26/h3-6,9-10,16-17,19-20,25H,7-8H2,1-2H3/t16-,17+,19+,20-/m0/s1. The molecule has 2 heterocycles. The van der Waals surface area contributed by atoms with Crippen molar-refractivity contribution in [3.05, 3.63) is 63.3 Å². The van der Waals surface area contributed by atoms with Crippen LogP contribution in [0.5, 0.6) is 11.5 Å². The molecule has 4 atom stereocenters. The Labute approximate surface area is 172 Å². The van der Waals surface area contributed by atoms with Gasteiger partial charge < -0.3 is 14.6 Å². The Morgan fingerprint density at radius 1 is 1.00 bits per heavy atom. The summed E-state index contributed by atoms with van der Waals surface area (Å²) >= 11 is 3.42. The summed E-state index contributed by atoms with van der Waals surface area (Å²) in [6.45, 7) is 3.92. The Morgan fingerprint density at radius 2 is 1.61 bits per heavy atom. The van der Waals surface area contributed by atoms with E-state index in [4.69, 9.17) is 9.47 Å². The molecular weight excluding hydrogens is 420 g/mol. The van der Waals surface area contributed by atoms with Gasteiger partial charge in [-0.2, -0.15) is 0 Å². The predicted molar refractivity (Wildman–Crippen MR) is 110 cm³/mol. The van der Waals surface area contributed by atoms with E-state index in [1.807, 2.05) is 50.2 Å². The summed E-state index contributed by atoms with van der Waals surface area (Å²) in [5, 5.41) is 10.9. The molecule has 144 valence electrons. The van der Waals surface area contributed by atoms with Gasteiger partial charge in [0.05, 0.1) is 29.6 Å². The van der Waals surface area contributed by atoms with Gasteiger partial charge in [-0.05, 0) is 79.8 Å². The molecule has 0 radical (unpaired) electrons. The highest BCUT2D eigenvalue weighted by Gasteiger charge is 2.59. The molecule has 2 saturated heterocycles. The van der Waals surface area contributed by atoms with Gasteiger partial charge in [0.2, 0.25) is 0 Å². The zero-order valence-corrected chi connectivity index (χ0v) is 17.3. The van der Waals surface area contributed by atoms with Gasteiger partial charge >= 0.3 is 0 Å². The van der Waals surface area contributed by atoms with Crippen LogP contribution < -0.4 is 4.74 Å². The van der Waals surface area contributed by atoms with Crippen molar-refractivity contribution in [1.82, 2.24) is 0 Å². The molecule has 1 aliphatic carbocycles. The van der Waals surface area contributed by atoms with Crippen molar-refractivity contribution in [1.29, 1.82) is 0 Å². The van der Waals surface area contributed by atoms with E-state index in [0.29, 0.717) is 5.57 Å². The van der Waals surface area contributed by atoms with Gasteiger partial charge in [-0.3, -0.25) is 4.79 Å². The van der Waals surface area contributed by atoms with Crippen LogP contribution in [0.4, 0.5) is 0 Å². The number of benzene rings is 2. The maximum atomic E-state index is 13.2. The Kier molecular flexibility index (Phi) is 4.14. The lowest BCUT2D eigenvalue weighted by Gasteiger charge is -2.19. The van der Waals surface area contributed by atoms with Crippen LogP contribution in [0.25, 0.3) is 5.57 Å². The van der Waals surface area contributed by atoms with Gasteiger partial charge in [-0.25, -0.2) is 0 Å². The number of rotatable bonds is 3. The quantitative estimate of drug-likeness (QED) is 0.683. The van der Waals surface area contributed by atoms with Crippen LogP contribution in [0.15, 0.2) is 46.6 Å². The number of Topliss-reactive ketones (excluding diaryl/α,β-unsaturated/α-hetero) is 1. The van der Waals surface area contributed by atoms with E-state index < -0.39 is 0 Å². The number of aliphatic hydroxyl groups excluding tert-OH is 1. The third-order valence-corrected chi connectivity index (χ3v) is 6.73. The van der Waals surface area contributed by atoms with Gasteiger partial charge in [-0.15, -0.1) is 0 Å². The summed E-state index contributed by atoms with van der Waals surface area (Å²) in [4.78, 5) is 13.2. The van der Waals surface area contributed by atoms with E-state index in [1.54, 1.807) is 0 Å². The summed E-state index contributed by atoms with van der Waals surface area (Å²) in [5.41, 5.74) is 3.17. The summed E-state index contributed by atoms with van der Waals surface area (Å²) in [7, 11) is 0. The Balaban J connectivity index is 1.51. The van der Waals surface area contributed by atoms with Gasteiger partial charge in [0, 0.05) is 4.47 Å². The van der Waals surface area contributed by atoms with Crippen LogP contribution in [-0.2, 0) is 9.53 Å². The molecule has 4 nitrogen and oxygen atoms in total. The predicted octanol–water partition coefficient (Wildman–Crippen LogP) is 5.50. The highest BCUT2D eigenvalue weighted by Crippen LogP contribution is 2.54. The van der Waals surface area contributed by atoms with Crippen molar-refractivity contribution in [2.45, 2.75) is 38.9 Å². The molecule has 5 rings (SSSR count). The lowest BCUT2D eigenvalue weighted by Crippen LogP contribution is -2.29. The summed E-state index contributed by atoms with van der Waals surface area (Å²) in [6, 6.07) is 11.5. The lowest BCUT2D eigenvalue weighted by molar-refractivity contribution is -0.118. The summed E-state index contributed by atoms with van der Waals surface area (Å²) in [6.07, 6.45) is 1.78. The molecule has 5 heteroatoms. The van der Waals surface area contributed by atoms with E-state index in [-0.39, 0.29) is 35.6 Å². The summed E-state index contributed by atoms with van der Waals surface area (Å²) in [5.74, 6) is 1.33. The fraction of sp³-hybridized carbons (Fsp3) is 0.348. The molecular formula is C23H21BrO4. The van der Waals surface area contributed by atoms with Gasteiger partial charge in [0.1, 0.15) is 17.3 Å². The minimum atomic E-state index is -0.216. The van der Waals surface area contributed by atoms with Crippen LogP contribution in [0, 0.1) is 25.7 Å². The SMILES string of the molecule is Cc1cc(Oc2ccc(Br)cc2)cc(C)c1C1=C(O)[C@H]2[C@@H](C1=O)[C@H]1CC[C@@H]2O1. The Morgan fingerprint density at radius 3 is 2.21 bits per heavy atom. The Hall–Kier alpha value is -2.11. The molecule has 1 N–H and O–H groups in total. The van der Waals surface area contributed by atoms with Crippen LogP contribution in [0.2, 0.25) is 0 Å². The number of aryl methyl sites for hydroxylation is 2. The molecule has 2 bridgehead atoms. The first kappa shape index (κ1) is 18.0. The molecule has 2 aromatic carbocycles. The third kappa shape index (κ3) is 2.64. The van der Waals surface area contributed by atoms with Crippen molar-refractivity contribution >= 4 is 27.3 Å². The van der Waals surface area contributed by atoms with Gasteiger partial charge in [0.15, 0.2) is 5.78 Å². The number of hydrogen-bond acceptors (Lipinski definition) is 4. The first-order chi connectivity index (χ1) is 13.4. The largest absolute Gasteiger partial charge is 0.511 e. The molecule has 3 aliphatic rings. The number of halogens is 1. The van der Waals surface area contributed by atoms with Crippen LogP contribution >= 0.6 is 15.9 Å². The molecule has 28 heavy (non-hydrogen) atoms. The van der Waals surface area contributed by atoms with Crippen LogP contribution in [0.1, 0.15) is 29.5 Å². The summed E-state index contributed by atoms with van der Waals surface area (Å²) < 4.78 is 12.9. The topological polar surface area (TPSA) is 55.8 Å². The van der Waals surface area contributed by atoms with Crippen LogP contribution in [0.3, 0.4) is 0 Å². The van der Waals surface area contributed by atoms with E-state index >= 15 is 0 Å². The number of ketones is 1. The average Bonchev–Trinajstić information content (AvgIpc) is 3.33. The van der Waals surface area contributed by atoms with Crippen LogP contribution in [-0.4, -0.2) is 23.1 Å². The molecule has 0 spiro atoms. The second-order valence-electron chi connectivity index (χ2n) is 7.95. The third-order valence-electron chi connectivity index (χ3n) is 6.20. The first-order valence-electron chi connectivity index (χ1n) is 9.62. The minimum Gasteiger partial charge on any atom is -0.511 e. The first-order valence-corrected chi connectivity index (χ1v) is 10.4. The lowest BCUT2D eigenvalue weighted by atomic mass is 9.80. The monoisotopic (exact) mass is 440 g/mol. The number of ether oxygens (including phenoxy) is 2. The van der Waals surface area contributed by atoms with Gasteiger partial charge in [0.25, 0.3) is 0 Å². The number of carbonyl (C=O) groups excluding carboxylic acids is 1. The fourth-order valence-corrected chi connectivity index (χ4v) is 5.35. The number of hydrogen-bond donors (Lipinski definition) is 1. The molecule has 0 aromatic heterocycles. The molecule has 2 fully saturated rings. The van der Waals surface area contributed by atoms with Crippen molar-refractivity contribution in [2.75, 3.05) is 0 Å². The van der Waals surface area contributed by atoms with Crippen molar-refractivity contribution in [3.8, 4) is 11.5 Å². The highest BCUT2D eigenvalue weighted by atomic mass is 79.9. The zero-order chi connectivity index (χ0) is 19.6. The minimum absolute atomic E-state index is 0.0166. The molecule has 0 amide bonds. The number of allylic oxidation sites excluding steroid dienone is 1. The molecule has 2 aliphatic heterocycles. The van der Waals surface area contributed by atoms with Crippen molar-refractivity contribution < 1.29 is 19.4 Å². The van der Waals surface area contributed by atoms with E-state index in [0.717, 1.165) is 45.5 Å². The van der Waals surface area contributed by atoms with E-state index in [9.17, 15) is 9.90 Å². The van der Waals surface area contributed by atoms with Crippen molar-refractivity contribution in [2.24, 2.45) is 11.8 Å². The number of fused-ring (bicyclic) bond motifs is 5. The smallest absolute Gasteiger partial charge is 0.173 e.